The molecule has 2 aromatic carbocycles. The van der Waals surface area contributed by atoms with E-state index in [4.69, 9.17) is 20.8 Å². The monoisotopic (exact) mass is 361 g/mol. The molecule has 0 spiro atoms. The van der Waals surface area contributed by atoms with Crippen LogP contribution in [0.2, 0.25) is 0 Å². The van der Waals surface area contributed by atoms with Crippen LogP contribution in [0, 0.1) is 6.57 Å². The normalized spacial score (nSPS) is 10.3. The van der Waals surface area contributed by atoms with Crippen LogP contribution in [0.1, 0.15) is 24.5 Å². The number of alkyl halides is 2. The Hall–Kier alpha value is -3.14. The first-order valence-corrected chi connectivity index (χ1v) is 7.77. The number of nitrogens with zero attached hydrogens (tertiary/aromatic N) is 1. The van der Waals surface area contributed by atoms with Crippen molar-refractivity contribution in [3.05, 3.63) is 58.9 Å². The second-order valence-corrected chi connectivity index (χ2v) is 5.24. The van der Waals surface area contributed by atoms with E-state index in [9.17, 15) is 13.6 Å². The van der Waals surface area contributed by atoms with Gasteiger partial charge >= 0.3 is 5.97 Å². The Kier molecular flexibility index (Phi) is 6.50. The summed E-state index contributed by atoms with van der Waals surface area (Å²) in [5.41, 5.74) is 0.351. The van der Waals surface area contributed by atoms with Gasteiger partial charge in [0.2, 0.25) is 0 Å². The number of esters is 1. The lowest BCUT2D eigenvalue weighted by Crippen LogP contribution is -2.07. The Bertz CT molecular complexity index is 831. The maximum Gasteiger partial charge on any atom is 0.310 e. The van der Waals surface area contributed by atoms with E-state index in [2.05, 4.69) is 4.85 Å². The van der Waals surface area contributed by atoms with Crippen molar-refractivity contribution in [3.63, 3.8) is 0 Å². The molecule has 0 saturated carbocycles. The van der Waals surface area contributed by atoms with E-state index < -0.39 is 12.4 Å². The van der Waals surface area contributed by atoms with Crippen LogP contribution in [-0.4, -0.2) is 19.7 Å². The Balaban J connectivity index is 2.34. The topological polar surface area (TPSA) is 49.1 Å². The largest absolute Gasteiger partial charge is 0.493 e. The molecule has 26 heavy (non-hydrogen) atoms. The number of hydrogen-bond acceptors (Lipinski definition) is 4. The molecule has 0 unspecified atom stereocenters. The first-order valence-electron chi connectivity index (χ1n) is 7.77. The third-order valence-electron chi connectivity index (χ3n) is 3.40. The Labute approximate surface area is 149 Å². The standard InChI is InChI=1S/C19H17F2NO4/c1-4-25-18(23)8-12-5-6-16(24-3)17(7-12)26-15-10-13(19(20)21)9-14(11-15)22-2/h5-7,9-11,19H,4,8H2,1,3H3. The summed E-state index contributed by atoms with van der Waals surface area (Å²) >= 11 is 0. The average molecular weight is 361 g/mol. The number of hydrogen-bond donors (Lipinski definition) is 0. The quantitative estimate of drug-likeness (QED) is 0.510. The molecule has 2 aromatic rings. The molecule has 0 amide bonds. The highest BCUT2D eigenvalue weighted by Crippen LogP contribution is 2.36. The number of rotatable bonds is 7. The maximum absolute atomic E-state index is 13.0. The smallest absolute Gasteiger partial charge is 0.310 e. The Morgan fingerprint density at radius 3 is 2.58 bits per heavy atom. The van der Waals surface area contributed by atoms with Gasteiger partial charge in [0, 0.05) is 5.56 Å². The third kappa shape index (κ3) is 4.93. The minimum Gasteiger partial charge on any atom is -0.493 e. The molecule has 136 valence electrons. The fourth-order valence-corrected chi connectivity index (χ4v) is 2.27. The summed E-state index contributed by atoms with van der Waals surface area (Å²) < 4.78 is 41.8. The summed E-state index contributed by atoms with van der Waals surface area (Å²) in [6.07, 6.45) is -2.69. The molecular weight excluding hydrogens is 344 g/mol. The molecule has 0 heterocycles. The first kappa shape index (κ1) is 19.2. The van der Waals surface area contributed by atoms with Gasteiger partial charge in [-0.05, 0) is 42.8 Å². The van der Waals surface area contributed by atoms with Crippen molar-refractivity contribution in [2.75, 3.05) is 13.7 Å². The van der Waals surface area contributed by atoms with Gasteiger partial charge in [0.25, 0.3) is 6.43 Å². The van der Waals surface area contributed by atoms with Crippen LogP contribution < -0.4 is 9.47 Å². The van der Waals surface area contributed by atoms with Gasteiger partial charge in [0.05, 0.1) is 26.7 Å². The fourth-order valence-electron chi connectivity index (χ4n) is 2.27. The summed E-state index contributed by atoms with van der Waals surface area (Å²) in [5.74, 6) is 0.306. The molecule has 0 aliphatic carbocycles. The van der Waals surface area contributed by atoms with Crippen LogP contribution >= 0.6 is 0 Å². The molecule has 2 rings (SSSR count). The highest BCUT2D eigenvalue weighted by atomic mass is 19.3. The van der Waals surface area contributed by atoms with Crippen molar-refractivity contribution in [2.45, 2.75) is 19.8 Å². The van der Waals surface area contributed by atoms with E-state index >= 15 is 0 Å². The van der Waals surface area contributed by atoms with Crippen molar-refractivity contribution < 1.29 is 27.8 Å². The molecule has 0 saturated heterocycles. The van der Waals surface area contributed by atoms with Crippen LogP contribution in [0.3, 0.4) is 0 Å². The van der Waals surface area contributed by atoms with E-state index in [0.717, 1.165) is 12.1 Å². The van der Waals surface area contributed by atoms with Gasteiger partial charge in [0.15, 0.2) is 17.2 Å². The molecule has 0 aromatic heterocycles. The fraction of sp³-hybridized carbons (Fsp3) is 0.263. The second-order valence-electron chi connectivity index (χ2n) is 5.24. The lowest BCUT2D eigenvalue weighted by molar-refractivity contribution is -0.142. The molecule has 0 fully saturated rings. The summed E-state index contributed by atoms with van der Waals surface area (Å²) in [4.78, 5) is 14.8. The molecule has 0 radical (unpaired) electrons. The minimum absolute atomic E-state index is 0.0402. The minimum atomic E-state index is -2.73. The van der Waals surface area contributed by atoms with E-state index in [0.29, 0.717) is 11.3 Å². The SMILES string of the molecule is [C-]#[N+]c1cc(Oc2cc(CC(=O)OCC)ccc2OC)cc(C(F)F)c1. The summed E-state index contributed by atoms with van der Waals surface area (Å²) in [6, 6.07) is 8.49. The predicted molar refractivity (Wildman–Crippen MR) is 91.1 cm³/mol. The second kappa shape index (κ2) is 8.81. The van der Waals surface area contributed by atoms with Crippen molar-refractivity contribution in [3.8, 4) is 17.2 Å². The van der Waals surface area contributed by atoms with Crippen molar-refractivity contribution in [1.82, 2.24) is 0 Å². The van der Waals surface area contributed by atoms with Gasteiger partial charge < -0.3 is 14.2 Å². The third-order valence-corrected chi connectivity index (χ3v) is 3.40. The van der Waals surface area contributed by atoms with Crippen LogP contribution in [0.5, 0.6) is 17.2 Å². The number of ether oxygens (including phenoxy) is 3. The zero-order valence-electron chi connectivity index (χ0n) is 14.3. The first-order chi connectivity index (χ1) is 12.5. The Morgan fingerprint density at radius 1 is 1.19 bits per heavy atom. The maximum atomic E-state index is 13.0. The highest BCUT2D eigenvalue weighted by Gasteiger charge is 2.14. The van der Waals surface area contributed by atoms with E-state index in [-0.39, 0.29) is 35.8 Å². The zero-order valence-corrected chi connectivity index (χ0v) is 14.3. The van der Waals surface area contributed by atoms with E-state index in [1.165, 1.54) is 13.2 Å². The molecule has 5 nitrogen and oxygen atoms in total. The van der Waals surface area contributed by atoms with Crippen LogP contribution in [0.15, 0.2) is 36.4 Å². The number of benzene rings is 2. The van der Waals surface area contributed by atoms with Crippen molar-refractivity contribution >= 4 is 11.7 Å². The van der Waals surface area contributed by atoms with Crippen LogP contribution in [0.4, 0.5) is 14.5 Å². The lowest BCUT2D eigenvalue weighted by atomic mass is 10.1. The van der Waals surface area contributed by atoms with Gasteiger partial charge in [-0.3, -0.25) is 4.79 Å². The molecule has 0 N–H and O–H groups in total. The van der Waals surface area contributed by atoms with Crippen molar-refractivity contribution in [2.24, 2.45) is 0 Å². The predicted octanol–water partition coefficient (Wildman–Crippen LogP) is 5.08. The Morgan fingerprint density at radius 2 is 1.96 bits per heavy atom. The number of carbonyl (C=O) groups excluding carboxylic acids is 1. The number of halogens is 2. The van der Waals surface area contributed by atoms with E-state index in [1.807, 2.05) is 0 Å². The number of carbonyl (C=O) groups is 1. The molecular formula is C19H17F2NO4. The lowest BCUT2D eigenvalue weighted by Gasteiger charge is -2.13. The molecule has 0 atom stereocenters. The molecule has 7 heteroatoms. The van der Waals surface area contributed by atoms with Gasteiger partial charge in [-0.1, -0.05) is 6.07 Å². The van der Waals surface area contributed by atoms with Crippen LogP contribution in [0.25, 0.3) is 4.85 Å². The summed E-state index contributed by atoms with van der Waals surface area (Å²) in [7, 11) is 1.44. The van der Waals surface area contributed by atoms with Gasteiger partial charge in [0.1, 0.15) is 5.75 Å². The number of methoxy groups -OCH3 is 1. The zero-order chi connectivity index (χ0) is 19.1. The molecule has 0 aliphatic heterocycles. The van der Waals surface area contributed by atoms with Gasteiger partial charge in [-0.25, -0.2) is 13.6 Å². The van der Waals surface area contributed by atoms with Crippen LogP contribution in [-0.2, 0) is 16.0 Å². The summed E-state index contributed by atoms with van der Waals surface area (Å²) in [5, 5.41) is 0. The average Bonchev–Trinajstić information content (AvgIpc) is 2.61. The molecule has 0 bridgehead atoms. The van der Waals surface area contributed by atoms with Gasteiger partial charge in [-0.15, -0.1) is 0 Å². The van der Waals surface area contributed by atoms with E-state index in [1.54, 1.807) is 25.1 Å². The highest BCUT2D eigenvalue weighted by molar-refractivity contribution is 5.73. The summed E-state index contributed by atoms with van der Waals surface area (Å²) in [6.45, 7) is 9.02. The molecule has 0 aliphatic rings. The van der Waals surface area contributed by atoms with Crippen molar-refractivity contribution in [1.29, 1.82) is 0 Å². The van der Waals surface area contributed by atoms with Gasteiger partial charge in [-0.2, -0.15) is 0 Å².